The van der Waals surface area contributed by atoms with Gasteiger partial charge in [-0.2, -0.15) is 0 Å². The maximum Gasteiger partial charge on any atom is 0.270 e. The van der Waals surface area contributed by atoms with Crippen molar-refractivity contribution in [3.63, 3.8) is 0 Å². The maximum absolute atomic E-state index is 13.0. The summed E-state index contributed by atoms with van der Waals surface area (Å²) >= 11 is 0. The van der Waals surface area contributed by atoms with Crippen LogP contribution in [0.5, 0.6) is 0 Å². The molecule has 128 valence electrons. The number of benzene rings is 2. The van der Waals surface area contributed by atoms with Gasteiger partial charge in [-0.05, 0) is 43.2 Å². The van der Waals surface area contributed by atoms with Crippen molar-refractivity contribution >= 4 is 21.6 Å². The van der Waals surface area contributed by atoms with Gasteiger partial charge >= 0.3 is 0 Å². The highest BCUT2D eigenvalue weighted by Gasteiger charge is 2.32. The van der Waals surface area contributed by atoms with Gasteiger partial charge in [0.1, 0.15) is 0 Å². The molecule has 0 aliphatic rings. The van der Waals surface area contributed by atoms with E-state index >= 15 is 0 Å². The fourth-order valence-corrected chi connectivity index (χ4v) is 3.84. The first-order valence-electron chi connectivity index (χ1n) is 8.02. The van der Waals surface area contributed by atoms with E-state index in [9.17, 15) is 13.2 Å². The first kappa shape index (κ1) is 18.2. The highest BCUT2D eigenvalue weighted by Crippen LogP contribution is 2.26. The minimum atomic E-state index is -3.95. The zero-order valence-corrected chi connectivity index (χ0v) is 15.3. The molecule has 0 aliphatic carbocycles. The third-order valence-electron chi connectivity index (χ3n) is 3.83. The molecule has 2 rings (SSSR count). The molecule has 0 N–H and O–H groups in total. The Hall–Kier alpha value is -2.14. The van der Waals surface area contributed by atoms with Crippen LogP contribution in [0.15, 0.2) is 53.4 Å². The average Bonchev–Trinajstić information content (AvgIpc) is 2.55. The molecule has 1 amide bonds. The van der Waals surface area contributed by atoms with E-state index in [4.69, 9.17) is 0 Å². The summed E-state index contributed by atoms with van der Waals surface area (Å²) in [4.78, 5) is 12.7. The molecule has 2 aromatic rings. The van der Waals surface area contributed by atoms with Crippen LogP contribution < -0.4 is 4.31 Å². The normalized spacial score (nSPS) is 11.5. The van der Waals surface area contributed by atoms with Crippen molar-refractivity contribution in [1.29, 1.82) is 0 Å². The topological polar surface area (TPSA) is 54.5 Å². The molecule has 0 saturated heterocycles. The van der Waals surface area contributed by atoms with E-state index in [1.807, 2.05) is 26.0 Å². The zero-order chi connectivity index (χ0) is 17.9. The van der Waals surface area contributed by atoms with Crippen LogP contribution in [0.2, 0.25) is 0 Å². The summed E-state index contributed by atoms with van der Waals surface area (Å²) in [5, 5.41) is 0. The second-order valence-electron chi connectivity index (χ2n) is 6.10. The first-order valence-corrected chi connectivity index (χ1v) is 9.46. The number of hydrogen-bond donors (Lipinski definition) is 0. The van der Waals surface area contributed by atoms with Crippen molar-refractivity contribution in [2.24, 2.45) is 5.92 Å². The van der Waals surface area contributed by atoms with Crippen LogP contribution in [0.1, 0.15) is 31.9 Å². The lowest BCUT2D eigenvalue weighted by molar-refractivity contribution is -0.120. The van der Waals surface area contributed by atoms with Gasteiger partial charge in [0.05, 0.1) is 10.6 Å². The number of carbonyl (C=O) groups excluding carboxylic acids is 1. The van der Waals surface area contributed by atoms with Gasteiger partial charge in [0.2, 0.25) is 5.91 Å². The second-order valence-corrected chi connectivity index (χ2v) is 7.88. The Morgan fingerprint density at radius 3 is 2.00 bits per heavy atom. The largest absolute Gasteiger partial charge is 0.273 e. The molecular weight excluding hydrogens is 322 g/mol. The molecule has 0 unspecified atom stereocenters. The molecule has 2 aromatic carbocycles. The van der Waals surface area contributed by atoms with Crippen LogP contribution in [0.25, 0.3) is 0 Å². The van der Waals surface area contributed by atoms with Crippen molar-refractivity contribution in [2.45, 2.75) is 39.0 Å². The average molecular weight is 345 g/mol. The predicted molar refractivity (Wildman–Crippen MR) is 96.5 cm³/mol. The number of hydrogen-bond acceptors (Lipinski definition) is 3. The summed E-state index contributed by atoms with van der Waals surface area (Å²) < 4.78 is 27.0. The number of carbonyl (C=O) groups is 1. The molecule has 0 radical (unpaired) electrons. The minimum absolute atomic E-state index is 0.113. The number of nitrogens with zero attached hydrogens (tertiary/aromatic N) is 1. The van der Waals surface area contributed by atoms with E-state index in [-0.39, 0.29) is 4.90 Å². The smallest absolute Gasteiger partial charge is 0.270 e. The summed E-state index contributed by atoms with van der Waals surface area (Å²) in [6.07, 6.45) is 0.850. The van der Waals surface area contributed by atoms with Crippen LogP contribution in [-0.4, -0.2) is 14.3 Å². The molecular formula is C19H23NO3S. The van der Waals surface area contributed by atoms with Gasteiger partial charge < -0.3 is 0 Å². The number of anilines is 1. The van der Waals surface area contributed by atoms with Crippen LogP contribution in [-0.2, 0) is 21.2 Å². The second kappa shape index (κ2) is 7.18. The standard InChI is InChI=1S/C19H23NO3S/c1-5-16-8-10-17(11-9-16)20(19(21)14(2)3)24(22,23)18-12-6-15(4)7-13-18/h6-14H,5H2,1-4H3. The zero-order valence-electron chi connectivity index (χ0n) is 14.5. The van der Waals surface area contributed by atoms with E-state index in [0.29, 0.717) is 5.69 Å². The first-order chi connectivity index (χ1) is 11.3. The number of aryl methyl sites for hydroxylation is 2. The van der Waals surface area contributed by atoms with Gasteiger partial charge in [-0.1, -0.05) is 50.6 Å². The molecule has 0 heterocycles. The minimum Gasteiger partial charge on any atom is -0.273 e. The van der Waals surface area contributed by atoms with Gasteiger partial charge in [0.25, 0.3) is 10.0 Å². The van der Waals surface area contributed by atoms with Crippen molar-refractivity contribution in [2.75, 3.05) is 4.31 Å². The number of rotatable bonds is 5. The van der Waals surface area contributed by atoms with Gasteiger partial charge in [-0.25, -0.2) is 12.7 Å². The summed E-state index contributed by atoms with van der Waals surface area (Å²) in [6, 6.07) is 13.6. The summed E-state index contributed by atoms with van der Waals surface area (Å²) in [7, 11) is -3.95. The van der Waals surface area contributed by atoms with Crippen molar-refractivity contribution in [1.82, 2.24) is 0 Å². The fraction of sp³-hybridized carbons (Fsp3) is 0.316. The predicted octanol–water partition coefficient (Wildman–Crippen LogP) is 3.94. The molecule has 0 atom stereocenters. The van der Waals surface area contributed by atoms with Crippen molar-refractivity contribution in [3.8, 4) is 0 Å². The van der Waals surface area contributed by atoms with Crippen LogP contribution in [0, 0.1) is 12.8 Å². The number of sulfonamides is 1. The molecule has 0 fully saturated rings. The fourth-order valence-electron chi connectivity index (χ4n) is 2.30. The molecule has 0 aromatic heterocycles. The lowest BCUT2D eigenvalue weighted by Gasteiger charge is -2.24. The molecule has 0 bridgehead atoms. The monoisotopic (exact) mass is 345 g/mol. The third kappa shape index (κ3) is 3.67. The Labute approximate surface area is 144 Å². The number of amides is 1. The molecule has 0 spiro atoms. The molecule has 0 aliphatic heterocycles. The highest BCUT2D eigenvalue weighted by molar-refractivity contribution is 7.93. The van der Waals surface area contributed by atoms with Crippen LogP contribution >= 0.6 is 0 Å². The SMILES string of the molecule is CCc1ccc(N(C(=O)C(C)C)S(=O)(=O)c2ccc(C)cc2)cc1. The van der Waals surface area contributed by atoms with Gasteiger partial charge in [0, 0.05) is 5.92 Å². The van der Waals surface area contributed by atoms with E-state index < -0.39 is 21.8 Å². The van der Waals surface area contributed by atoms with Gasteiger partial charge in [-0.3, -0.25) is 4.79 Å². The molecule has 5 heteroatoms. The van der Waals surface area contributed by atoms with E-state index in [1.54, 1.807) is 38.1 Å². The lowest BCUT2D eigenvalue weighted by atomic mass is 10.1. The maximum atomic E-state index is 13.0. The molecule has 24 heavy (non-hydrogen) atoms. The summed E-state index contributed by atoms with van der Waals surface area (Å²) in [5.74, 6) is -0.879. The molecule has 0 saturated carbocycles. The third-order valence-corrected chi connectivity index (χ3v) is 5.57. The Balaban J connectivity index is 2.56. The Kier molecular flexibility index (Phi) is 5.44. The Morgan fingerprint density at radius 1 is 1.00 bits per heavy atom. The van der Waals surface area contributed by atoms with Crippen molar-refractivity contribution < 1.29 is 13.2 Å². The summed E-state index contributed by atoms with van der Waals surface area (Å²) in [6.45, 7) is 7.30. The van der Waals surface area contributed by atoms with E-state index in [2.05, 4.69) is 0 Å². The Bertz CT molecular complexity index is 807. The van der Waals surface area contributed by atoms with Crippen LogP contribution in [0.4, 0.5) is 5.69 Å². The van der Waals surface area contributed by atoms with Crippen molar-refractivity contribution in [3.05, 3.63) is 59.7 Å². The van der Waals surface area contributed by atoms with Crippen LogP contribution in [0.3, 0.4) is 0 Å². The van der Waals surface area contributed by atoms with Gasteiger partial charge in [-0.15, -0.1) is 0 Å². The van der Waals surface area contributed by atoms with E-state index in [1.165, 1.54) is 12.1 Å². The quantitative estimate of drug-likeness (QED) is 0.825. The molecule has 4 nitrogen and oxygen atoms in total. The van der Waals surface area contributed by atoms with E-state index in [0.717, 1.165) is 21.9 Å². The Morgan fingerprint density at radius 2 is 1.54 bits per heavy atom. The highest BCUT2D eigenvalue weighted by atomic mass is 32.2. The summed E-state index contributed by atoms with van der Waals surface area (Å²) in [5.41, 5.74) is 2.41. The van der Waals surface area contributed by atoms with Gasteiger partial charge in [0.15, 0.2) is 0 Å². The lowest BCUT2D eigenvalue weighted by Crippen LogP contribution is -2.39.